The van der Waals surface area contributed by atoms with Crippen LogP contribution >= 0.6 is 23.2 Å². The number of hydrogen-bond donors (Lipinski definition) is 0. The predicted octanol–water partition coefficient (Wildman–Crippen LogP) is 3.58. The van der Waals surface area contributed by atoms with Gasteiger partial charge < -0.3 is 19.2 Å². The van der Waals surface area contributed by atoms with Gasteiger partial charge in [0.15, 0.2) is 15.7 Å². The fraction of sp³-hybridized carbons (Fsp3) is 0.417. The molecule has 0 N–H and O–H groups in total. The van der Waals surface area contributed by atoms with E-state index < -0.39 is 29.5 Å². The fourth-order valence-corrected chi connectivity index (χ4v) is 9.28. The number of methoxy groups -OCH3 is 2. The van der Waals surface area contributed by atoms with Crippen molar-refractivity contribution in [2.45, 2.75) is 23.5 Å². The van der Waals surface area contributed by atoms with E-state index in [1.54, 1.807) is 53.4 Å². The monoisotopic (exact) mass is 605 g/mol. The highest BCUT2D eigenvalue weighted by Gasteiger charge is 2.82. The highest BCUT2D eigenvalue weighted by Crippen LogP contribution is 2.57. The van der Waals surface area contributed by atoms with Gasteiger partial charge in [-0.3, -0.25) is 0 Å². The van der Waals surface area contributed by atoms with Gasteiger partial charge in [0, 0.05) is 30.5 Å². The maximum absolute atomic E-state index is 14.0. The molecule has 0 bridgehead atoms. The molecule has 2 aromatic rings. The molecule has 0 unspecified atom stereocenters. The Hall–Kier alpha value is -2.54. The molecule has 0 saturated heterocycles. The summed E-state index contributed by atoms with van der Waals surface area (Å²) in [5, 5.41) is 4.35. The minimum atomic E-state index is -4.75. The SMILES string of the molecule is CCN(CC)C1=NS(=O)(=O)[C@]2(S(C)(=O)=O)C(c3ccc(OC)cc3)=NO[C@]12c1ccc(OC)cc1.ClCCl. The molecular formula is C24H29Cl2N3O7S2. The summed E-state index contributed by atoms with van der Waals surface area (Å²) in [5.41, 5.74) is -1.81. The number of oxime groups is 1. The lowest BCUT2D eigenvalue weighted by Gasteiger charge is -2.38. The van der Waals surface area contributed by atoms with Crippen molar-refractivity contribution >= 4 is 54.6 Å². The Balaban J connectivity index is 0.00000127. The zero-order chi connectivity index (χ0) is 28.4. The van der Waals surface area contributed by atoms with Gasteiger partial charge in [-0.2, -0.15) is 0 Å². The van der Waals surface area contributed by atoms with E-state index in [2.05, 4.69) is 9.55 Å². The zero-order valence-electron chi connectivity index (χ0n) is 21.5. The molecule has 0 amide bonds. The lowest BCUT2D eigenvalue weighted by molar-refractivity contribution is 0.0228. The number of amidine groups is 1. The lowest BCUT2D eigenvalue weighted by Crippen LogP contribution is -2.64. The minimum absolute atomic E-state index is 0.0367. The molecule has 2 aromatic carbocycles. The Morgan fingerprint density at radius 2 is 1.42 bits per heavy atom. The van der Waals surface area contributed by atoms with Crippen molar-refractivity contribution in [2.24, 2.45) is 9.55 Å². The van der Waals surface area contributed by atoms with Gasteiger partial charge >= 0.3 is 0 Å². The zero-order valence-corrected chi connectivity index (χ0v) is 24.7. The molecule has 0 aliphatic carbocycles. The Bertz CT molecular complexity index is 1430. The van der Waals surface area contributed by atoms with Gasteiger partial charge in [0.2, 0.25) is 0 Å². The van der Waals surface area contributed by atoms with Gasteiger partial charge in [-0.25, -0.2) is 16.8 Å². The first-order valence-electron chi connectivity index (χ1n) is 11.4. The molecule has 2 aliphatic rings. The molecule has 208 valence electrons. The lowest BCUT2D eigenvalue weighted by atomic mass is 9.84. The second-order valence-corrected chi connectivity index (χ2v) is 13.2. The Labute approximate surface area is 233 Å². The minimum Gasteiger partial charge on any atom is -0.497 e. The predicted molar refractivity (Wildman–Crippen MR) is 149 cm³/mol. The van der Waals surface area contributed by atoms with E-state index in [1.807, 2.05) is 13.8 Å². The van der Waals surface area contributed by atoms with Crippen LogP contribution in [0.5, 0.6) is 11.5 Å². The van der Waals surface area contributed by atoms with Gasteiger partial charge in [-0.1, -0.05) is 17.3 Å². The summed E-state index contributed by atoms with van der Waals surface area (Å²) < 4.78 is 67.2. The Kier molecular flexibility index (Phi) is 8.91. The van der Waals surface area contributed by atoms with Crippen LogP contribution in [0, 0.1) is 0 Å². The number of halogens is 2. The van der Waals surface area contributed by atoms with E-state index in [0.29, 0.717) is 24.6 Å². The average molecular weight is 607 g/mol. The van der Waals surface area contributed by atoms with Crippen molar-refractivity contribution in [2.75, 3.05) is 38.9 Å². The quantitative estimate of drug-likeness (QED) is 0.439. The van der Waals surface area contributed by atoms with Crippen LogP contribution < -0.4 is 9.47 Å². The van der Waals surface area contributed by atoms with E-state index in [4.69, 9.17) is 37.5 Å². The molecule has 2 aliphatic heterocycles. The molecule has 2 atom stereocenters. The fourth-order valence-electron chi connectivity index (χ4n) is 4.76. The number of sulfonamides is 1. The third-order valence-electron chi connectivity index (χ3n) is 6.38. The van der Waals surface area contributed by atoms with E-state index in [1.165, 1.54) is 14.2 Å². The molecule has 14 heteroatoms. The number of rotatable bonds is 7. The number of nitrogens with zero attached hydrogens (tertiary/aromatic N) is 3. The topological polar surface area (TPSA) is 124 Å². The number of fused-ring (bicyclic) bond motifs is 1. The van der Waals surface area contributed by atoms with E-state index in [-0.39, 0.29) is 28.0 Å². The van der Waals surface area contributed by atoms with Crippen molar-refractivity contribution in [3.8, 4) is 11.5 Å². The van der Waals surface area contributed by atoms with E-state index >= 15 is 0 Å². The summed E-state index contributed by atoms with van der Waals surface area (Å²) in [5.74, 6) is 0.981. The molecular weight excluding hydrogens is 577 g/mol. The third-order valence-corrected chi connectivity index (χ3v) is 11.1. The van der Waals surface area contributed by atoms with Crippen LogP contribution in [0.3, 0.4) is 0 Å². The van der Waals surface area contributed by atoms with Crippen LogP contribution in [0.15, 0.2) is 58.1 Å². The van der Waals surface area contributed by atoms with Crippen LogP contribution in [0.1, 0.15) is 25.0 Å². The molecule has 0 fully saturated rings. The van der Waals surface area contributed by atoms with Crippen molar-refractivity contribution < 1.29 is 31.1 Å². The number of ether oxygens (including phenoxy) is 2. The second-order valence-electron chi connectivity index (χ2n) is 8.22. The molecule has 10 nitrogen and oxygen atoms in total. The van der Waals surface area contributed by atoms with Gasteiger partial charge in [-0.05, 0) is 50.2 Å². The highest BCUT2D eigenvalue weighted by molar-refractivity contribution is 8.11. The van der Waals surface area contributed by atoms with Crippen LogP contribution in [-0.4, -0.2) is 76.3 Å². The molecule has 38 heavy (non-hydrogen) atoms. The van der Waals surface area contributed by atoms with Gasteiger partial charge in [0.1, 0.15) is 17.2 Å². The average Bonchev–Trinajstić information content (AvgIpc) is 3.37. The van der Waals surface area contributed by atoms with E-state index in [0.717, 1.165) is 6.26 Å². The van der Waals surface area contributed by atoms with Crippen LogP contribution in [0.4, 0.5) is 0 Å². The van der Waals surface area contributed by atoms with Crippen molar-refractivity contribution in [3.63, 3.8) is 0 Å². The maximum Gasteiger partial charge on any atom is 0.291 e. The first-order chi connectivity index (χ1) is 17.9. The van der Waals surface area contributed by atoms with Crippen LogP contribution in [0.2, 0.25) is 0 Å². The summed E-state index contributed by atoms with van der Waals surface area (Å²) in [6, 6.07) is 12.6. The normalized spacial score (nSPS) is 23.2. The molecule has 2 heterocycles. The summed E-state index contributed by atoms with van der Waals surface area (Å²) in [7, 11) is -6.24. The Morgan fingerprint density at radius 1 is 0.947 bits per heavy atom. The molecule has 0 saturated carbocycles. The Morgan fingerprint density at radius 3 is 1.84 bits per heavy atom. The number of likely N-dealkylation sites (N-methyl/N-ethyl adjacent to an activating group) is 1. The number of benzene rings is 2. The highest BCUT2D eigenvalue weighted by atomic mass is 35.5. The number of sulfone groups is 1. The summed E-state index contributed by atoms with van der Waals surface area (Å²) in [6.07, 6.45) is 0.872. The number of hydrogen-bond acceptors (Lipinski definition) is 9. The molecule has 0 aromatic heterocycles. The van der Waals surface area contributed by atoms with Crippen molar-refractivity contribution in [1.29, 1.82) is 0 Å². The molecule has 4 rings (SSSR count). The van der Waals surface area contributed by atoms with E-state index in [9.17, 15) is 16.8 Å². The van der Waals surface area contributed by atoms with Gasteiger partial charge in [-0.15, -0.1) is 27.6 Å². The van der Waals surface area contributed by atoms with Crippen LogP contribution in [-0.2, 0) is 30.3 Å². The molecule has 0 spiro atoms. The first kappa shape index (κ1) is 30.0. The summed E-state index contributed by atoms with van der Waals surface area (Å²) in [4.78, 5) is 7.66. The summed E-state index contributed by atoms with van der Waals surface area (Å²) >= 11 is 9.53. The van der Waals surface area contributed by atoms with Crippen molar-refractivity contribution in [3.05, 3.63) is 59.7 Å². The van der Waals surface area contributed by atoms with Gasteiger partial charge in [0.05, 0.1) is 19.6 Å². The third kappa shape index (κ3) is 4.41. The number of alkyl halides is 2. The largest absolute Gasteiger partial charge is 0.497 e. The smallest absolute Gasteiger partial charge is 0.291 e. The van der Waals surface area contributed by atoms with Crippen molar-refractivity contribution in [1.82, 2.24) is 4.90 Å². The molecule has 0 radical (unpaired) electrons. The van der Waals surface area contributed by atoms with Crippen LogP contribution in [0.25, 0.3) is 0 Å². The maximum atomic E-state index is 14.0. The summed E-state index contributed by atoms with van der Waals surface area (Å²) in [6.45, 7) is 4.37. The van der Waals surface area contributed by atoms with Gasteiger partial charge in [0.25, 0.3) is 19.7 Å². The first-order valence-corrected chi connectivity index (χ1v) is 15.8. The standard InChI is InChI=1S/C23H27N3O7S2.CH2Cl2/c1-6-26(7-2)21-22(17-10-14-19(32-4)15-11-17)23(34(5,27)28,35(29,30)25-21)20(24-33-22)16-8-12-18(31-3)13-9-16;2-1-3/h8-15H,6-7H2,1-5H3;1H2/t22-,23-;/m1./s1. The second kappa shape index (κ2) is 11.3.